The van der Waals surface area contributed by atoms with Crippen LogP contribution < -0.4 is 10.1 Å². The van der Waals surface area contributed by atoms with Crippen LogP contribution >= 0.6 is 0 Å². The van der Waals surface area contributed by atoms with Crippen LogP contribution in [0.5, 0.6) is 11.6 Å². The first-order chi connectivity index (χ1) is 10.2. The lowest BCUT2D eigenvalue weighted by molar-refractivity contribution is 0.421. The number of pyridine rings is 2. The van der Waals surface area contributed by atoms with Gasteiger partial charge < -0.3 is 10.1 Å². The highest BCUT2D eigenvalue weighted by Crippen LogP contribution is 2.30. The topological polar surface area (TPSA) is 47.0 Å². The third-order valence-electron chi connectivity index (χ3n) is 2.94. The van der Waals surface area contributed by atoms with Crippen molar-refractivity contribution in [2.24, 2.45) is 0 Å². The molecule has 0 bridgehead atoms. The van der Waals surface area contributed by atoms with Gasteiger partial charge in [0.1, 0.15) is 5.52 Å². The molecule has 6 heteroatoms. The van der Waals surface area contributed by atoms with E-state index in [-0.39, 0.29) is 11.7 Å². The fraction of sp³-hybridized carbons (Fsp3) is 0.0667. The molecule has 106 valence electrons. The van der Waals surface area contributed by atoms with Crippen molar-refractivity contribution in [1.29, 1.82) is 0 Å². The highest BCUT2D eigenvalue weighted by Gasteiger charge is 2.14. The highest BCUT2D eigenvalue weighted by atomic mass is 19.1. The number of ether oxygens (including phenoxy) is 1. The van der Waals surface area contributed by atoms with E-state index in [0.717, 1.165) is 11.5 Å². The maximum Gasteiger partial charge on any atom is 0.258 e. The summed E-state index contributed by atoms with van der Waals surface area (Å²) < 4.78 is 32.6. The third-order valence-corrected chi connectivity index (χ3v) is 2.94. The predicted molar refractivity (Wildman–Crippen MR) is 75.5 cm³/mol. The molecule has 0 aliphatic carbocycles. The van der Waals surface area contributed by atoms with E-state index in [0.29, 0.717) is 11.3 Å². The summed E-state index contributed by atoms with van der Waals surface area (Å²) in [6.45, 7) is 0. The van der Waals surface area contributed by atoms with E-state index in [1.807, 2.05) is 12.1 Å². The van der Waals surface area contributed by atoms with Crippen molar-refractivity contribution in [2.45, 2.75) is 0 Å². The van der Waals surface area contributed by atoms with Gasteiger partial charge in [0.05, 0.1) is 0 Å². The van der Waals surface area contributed by atoms with Gasteiger partial charge in [-0.25, -0.2) is 8.78 Å². The quantitative estimate of drug-likeness (QED) is 0.797. The molecule has 4 nitrogen and oxygen atoms in total. The van der Waals surface area contributed by atoms with Gasteiger partial charge in [0, 0.05) is 24.7 Å². The van der Waals surface area contributed by atoms with Crippen LogP contribution in [0.1, 0.15) is 0 Å². The summed E-state index contributed by atoms with van der Waals surface area (Å²) in [5.41, 5.74) is 0.580. The number of anilines is 1. The van der Waals surface area contributed by atoms with E-state index in [2.05, 4.69) is 15.3 Å². The number of hydrogen-bond acceptors (Lipinski definition) is 4. The summed E-state index contributed by atoms with van der Waals surface area (Å²) in [5.74, 6) is -1.69. The molecule has 0 aliphatic heterocycles. The minimum atomic E-state index is -0.876. The molecule has 0 saturated carbocycles. The monoisotopic (exact) mass is 287 g/mol. The molecule has 21 heavy (non-hydrogen) atoms. The lowest BCUT2D eigenvalue weighted by atomic mass is 10.2. The second kappa shape index (κ2) is 5.32. The molecular formula is C15H11F2N3O. The average molecular weight is 287 g/mol. The predicted octanol–water partition coefficient (Wildman–Crippen LogP) is 3.74. The molecule has 0 radical (unpaired) electrons. The Bertz CT molecular complexity index is 803. The van der Waals surface area contributed by atoms with Gasteiger partial charge in [-0.3, -0.25) is 4.98 Å². The van der Waals surface area contributed by atoms with Crippen molar-refractivity contribution in [2.75, 3.05) is 12.4 Å². The molecule has 0 aliphatic rings. The molecule has 1 aromatic carbocycles. The smallest absolute Gasteiger partial charge is 0.258 e. The Morgan fingerprint density at radius 1 is 1.10 bits per heavy atom. The molecule has 0 saturated heterocycles. The minimum absolute atomic E-state index is 0.0837. The van der Waals surface area contributed by atoms with E-state index in [9.17, 15) is 8.78 Å². The molecule has 0 spiro atoms. The molecule has 0 unspecified atom stereocenters. The Morgan fingerprint density at radius 2 is 1.90 bits per heavy atom. The Hall–Kier alpha value is -2.76. The molecule has 0 atom stereocenters. The molecular weight excluding hydrogens is 276 g/mol. The number of hydrogen-bond donors (Lipinski definition) is 1. The fourth-order valence-electron chi connectivity index (χ4n) is 1.96. The fourth-order valence-corrected chi connectivity index (χ4v) is 1.96. The number of nitrogens with one attached hydrogen (secondary N) is 1. The van der Waals surface area contributed by atoms with Crippen LogP contribution in [0.2, 0.25) is 0 Å². The SMILES string of the molecule is CNc1nc(Oc2cccc3cccnc23)c(F)cc1F. The molecule has 3 rings (SSSR count). The molecule has 1 N–H and O–H groups in total. The van der Waals surface area contributed by atoms with Crippen molar-refractivity contribution < 1.29 is 13.5 Å². The Labute approximate surface area is 119 Å². The Balaban J connectivity index is 2.07. The lowest BCUT2D eigenvalue weighted by Crippen LogP contribution is -2.01. The van der Waals surface area contributed by atoms with E-state index in [4.69, 9.17) is 4.74 Å². The number of fused-ring (bicyclic) bond motifs is 1. The summed E-state index contributed by atoms with van der Waals surface area (Å²) in [4.78, 5) is 7.98. The molecule has 0 amide bonds. The Kier molecular flexibility index (Phi) is 3.35. The highest BCUT2D eigenvalue weighted by molar-refractivity contribution is 5.84. The number of nitrogens with zero attached hydrogens (tertiary/aromatic N) is 2. The van der Waals surface area contributed by atoms with Crippen LogP contribution in [0, 0.1) is 11.6 Å². The number of aromatic nitrogens is 2. The van der Waals surface area contributed by atoms with Gasteiger partial charge in [0.2, 0.25) is 0 Å². The maximum atomic E-state index is 13.8. The zero-order chi connectivity index (χ0) is 14.8. The first-order valence-corrected chi connectivity index (χ1v) is 6.24. The van der Waals surface area contributed by atoms with Crippen LogP contribution in [0.4, 0.5) is 14.6 Å². The van der Waals surface area contributed by atoms with Crippen LogP contribution in [0.15, 0.2) is 42.6 Å². The number of rotatable bonds is 3. The van der Waals surface area contributed by atoms with Crippen LogP contribution in [0.25, 0.3) is 10.9 Å². The van der Waals surface area contributed by atoms with Crippen molar-refractivity contribution >= 4 is 16.7 Å². The lowest BCUT2D eigenvalue weighted by Gasteiger charge is -2.10. The van der Waals surface area contributed by atoms with Gasteiger partial charge in [-0.1, -0.05) is 18.2 Å². The third kappa shape index (κ3) is 2.47. The maximum absolute atomic E-state index is 13.8. The number of halogens is 2. The normalized spacial score (nSPS) is 10.6. The van der Waals surface area contributed by atoms with Crippen LogP contribution in [-0.4, -0.2) is 17.0 Å². The number of para-hydroxylation sites is 1. The molecule has 2 heterocycles. The van der Waals surface area contributed by atoms with E-state index < -0.39 is 11.6 Å². The van der Waals surface area contributed by atoms with Gasteiger partial charge in [-0.2, -0.15) is 4.98 Å². The second-order valence-electron chi connectivity index (χ2n) is 4.29. The van der Waals surface area contributed by atoms with E-state index in [1.165, 1.54) is 7.05 Å². The average Bonchev–Trinajstić information content (AvgIpc) is 2.50. The summed E-state index contributed by atoms with van der Waals surface area (Å²) in [5, 5.41) is 3.39. The molecule has 2 aromatic heterocycles. The van der Waals surface area contributed by atoms with Crippen molar-refractivity contribution in [3.8, 4) is 11.6 Å². The second-order valence-corrected chi connectivity index (χ2v) is 4.29. The van der Waals surface area contributed by atoms with Gasteiger partial charge >= 0.3 is 0 Å². The van der Waals surface area contributed by atoms with Crippen molar-refractivity contribution in [3.05, 3.63) is 54.2 Å². The van der Waals surface area contributed by atoms with Gasteiger partial charge in [0.15, 0.2) is 23.2 Å². The zero-order valence-corrected chi connectivity index (χ0v) is 11.1. The molecule has 0 fully saturated rings. The van der Waals surface area contributed by atoms with Gasteiger partial charge in [0.25, 0.3) is 5.88 Å². The van der Waals surface area contributed by atoms with Crippen molar-refractivity contribution in [1.82, 2.24) is 9.97 Å². The summed E-state index contributed by atoms with van der Waals surface area (Å²) in [6, 6.07) is 9.67. The minimum Gasteiger partial charge on any atom is -0.434 e. The largest absolute Gasteiger partial charge is 0.434 e. The Morgan fingerprint density at radius 3 is 2.71 bits per heavy atom. The molecule has 3 aromatic rings. The standard InChI is InChI=1S/C15H11F2N3O/c1-18-14-10(16)8-11(17)15(20-14)21-12-6-2-4-9-5-3-7-19-13(9)12/h2-8H,1H3,(H,18,20). The van der Waals surface area contributed by atoms with Crippen LogP contribution in [0.3, 0.4) is 0 Å². The summed E-state index contributed by atoms with van der Waals surface area (Å²) in [7, 11) is 1.49. The summed E-state index contributed by atoms with van der Waals surface area (Å²) >= 11 is 0. The first kappa shape index (κ1) is 13.2. The van der Waals surface area contributed by atoms with Gasteiger partial charge in [-0.05, 0) is 12.1 Å². The first-order valence-electron chi connectivity index (χ1n) is 6.24. The van der Waals surface area contributed by atoms with Crippen molar-refractivity contribution in [3.63, 3.8) is 0 Å². The zero-order valence-electron chi connectivity index (χ0n) is 11.1. The van der Waals surface area contributed by atoms with Crippen LogP contribution in [-0.2, 0) is 0 Å². The van der Waals surface area contributed by atoms with E-state index in [1.54, 1.807) is 24.4 Å². The summed E-state index contributed by atoms with van der Waals surface area (Å²) in [6.07, 6.45) is 1.61. The number of benzene rings is 1. The van der Waals surface area contributed by atoms with Gasteiger partial charge in [-0.15, -0.1) is 0 Å². The van der Waals surface area contributed by atoms with E-state index >= 15 is 0 Å².